The Labute approximate surface area is 223 Å². The number of rotatable bonds is 8. The summed E-state index contributed by atoms with van der Waals surface area (Å²) in [6.07, 6.45) is 1.53. The van der Waals surface area contributed by atoms with Gasteiger partial charge in [-0.1, -0.05) is 54.6 Å². The van der Waals surface area contributed by atoms with Gasteiger partial charge in [0.1, 0.15) is 6.61 Å². The van der Waals surface area contributed by atoms with Crippen LogP contribution >= 0.6 is 11.3 Å². The number of benzene rings is 2. The molecule has 6 nitrogen and oxygen atoms in total. The van der Waals surface area contributed by atoms with Crippen LogP contribution < -0.4 is 0 Å². The molecule has 37 heavy (non-hydrogen) atoms. The van der Waals surface area contributed by atoms with Gasteiger partial charge in [0.2, 0.25) is 11.8 Å². The van der Waals surface area contributed by atoms with Crippen molar-refractivity contribution < 1.29 is 14.3 Å². The van der Waals surface area contributed by atoms with Gasteiger partial charge in [0, 0.05) is 50.6 Å². The summed E-state index contributed by atoms with van der Waals surface area (Å²) in [5, 5.41) is 2.19. The lowest BCUT2D eigenvalue weighted by molar-refractivity contribution is -0.142. The van der Waals surface area contributed by atoms with E-state index < -0.39 is 0 Å². The summed E-state index contributed by atoms with van der Waals surface area (Å²) in [7, 11) is 0. The molecular formula is C30H35N3O3S. The molecule has 1 saturated heterocycles. The molecule has 0 spiro atoms. The van der Waals surface area contributed by atoms with E-state index in [1.807, 2.05) is 51.5 Å². The maximum atomic E-state index is 13.1. The molecular weight excluding hydrogens is 482 g/mol. The number of fused-ring (bicyclic) bond motifs is 1. The van der Waals surface area contributed by atoms with E-state index in [4.69, 9.17) is 4.74 Å². The Balaban J connectivity index is 1.11. The number of hydrogen-bond acceptors (Lipinski definition) is 5. The first-order valence-corrected chi connectivity index (χ1v) is 14.0. The second kappa shape index (κ2) is 12.0. The largest absolute Gasteiger partial charge is 0.367 e. The molecule has 2 amide bonds. The zero-order valence-electron chi connectivity index (χ0n) is 21.5. The molecule has 3 aromatic rings. The Hall–Kier alpha value is -3.00. The molecule has 0 N–H and O–H groups in total. The number of nitrogens with zero attached hydrogens (tertiary/aromatic N) is 3. The average Bonchev–Trinajstić information content (AvgIpc) is 3.41. The summed E-state index contributed by atoms with van der Waals surface area (Å²) in [5.74, 6) is 0.163. The molecule has 194 valence electrons. The number of piperazine rings is 1. The highest BCUT2D eigenvalue weighted by Crippen LogP contribution is 2.38. The van der Waals surface area contributed by atoms with Gasteiger partial charge in [-0.05, 0) is 47.0 Å². The molecule has 2 aromatic carbocycles. The molecule has 1 aromatic heterocycles. The third-order valence-corrected chi connectivity index (χ3v) is 8.48. The van der Waals surface area contributed by atoms with Gasteiger partial charge >= 0.3 is 0 Å². The fourth-order valence-electron chi connectivity index (χ4n) is 5.39. The fraction of sp³-hybridized carbons (Fsp3) is 0.400. The van der Waals surface area contributed by atoms with Crippen LogP contribution in [0.4, 0.5) is 0 Å². The first-order chi connectivity index (χ1) is 18.1. The first-order valence-electron chi connectivity index (χ1n) is 13.1. The summed E-state index contributed by atoms with van der Waals surface area (Å²) in [6, 6.07) is 20.9. The Morgan fingerprint density at radius 2 is 1.57 bits per heavy atom. The van der Waals surface area contributed by atoms with Crippen molar-refractivity contribution >= 4 is 23.2 Å². The molecule has 5 rings (SSSR count). The zero-order chi connectivity index (χ0) is 25.6. The first kappa shape index (κ1) is 25.6. The summed E-state index contributed by atoms with van der Waals surface area (Å²) in [6.45, 7) is 6.66. The molecule has 0 saturated carbocycles. The van der Waals surface area contributed by atoms with Crippen LogP contribution in [-0.2, 0) is 27.4 Å². The van der Waals surface area contributed by atoms with Crippen molar-refractivity contribution in [2.45, 2.75) is 32.4 Å². The zero-order valence-corrected chi connectivity index (χ0v) is 22.3. The van der Waals surface area contributed by atoms with Crippen LogP contribution in [0.5, 0.6) is 0 Å². The molecule has 0 radical (unpaired) electrons. The lowest BCUT2D eigenvalue weighted by atomic mass is 9.90. The van der Waals surface area contributed by atoms with E-state index in [-0.39, 0.29) is 24.5 Å². The minimum absolute atomic E-state index is 0.0102. The number of aryl methyl sites for hydroxylation is 1. The smallest absolute Gasteiger partial charge is 0.248 e. The van der Waals surface area contributed by atoms with Crippen LogP contribution in [0.25, 0.3) is 0 Å². The molecule has 2 aliphatic rings. The molecule has 1 fully saturated rings. The molecule has 0 aliphatic carbocycles. The van der Waals surface area contributed by atoms with Gasteiger partial charge in [0.25, 0.3) is 0 Å². The predicted octanol–water partition coefficient (Wildman–Crippen LogP) is 4.28. The van der Waals surface area contributed by atoms with Gasteiger partial charge in [-0.2, -0.15) is 0 Å². The predicted molar refractivity (Wildman–Crippen MR) is 146 cm³/mol. The van der Waals surface area contributed by atoms with Crippen molar-refractivity contribution in [3.63, 3.8) is 0 Å². The monoisotopic (exact) mass is 517 g/mol. The Morgan fingerprint density at radius 1 is 0.865 bits per heavy atom. The third-order valence-electron chi connectivity index (χ3n) is 7.48. The highest BCUT2D eigenvalue weighted by atomic mass is 32.1. The second-order valence-corrected chi connectivity index (χ2v) is 10.8. The maximum absolute atomic E-state index is 13.1. The van der Waals surface area contributed by atoms with E-state index in [1.165, 1.54) is 21.6 Å². The highest BCUT2D eigenvalue weighted by molar-refractivity contribution is 7.10. The minimum atomic E-state index is -0.0102. The molecule has 3 heterocycles. The summed E-state index contributed by atoms with van der Waals surface area (Å²) < 4.78 is 5.61. The number of carbonyl (C=O) groups is 2. The van der Waals surface area contributed by atoms with Crippen LogP contribution in [0.2, 0.25) is 0 Å². The third kappa shape index (κ3) is 6.12. The number of hydrogen-bond donors (Lipinski definition) is 0. The summed E-state index contributed by atoms with van der Waals surface area (Å²) in [4.78, 5) is 33.3. The number of amides is 2. The van der Waals surface area contributed by atoms with E-state index in [1.54, 1.807) is 0 Å². The summed E-state index contributed by atoms with van der Waals surface area (Å²) in [5.41, 5.74) is 5.06. The number of thiophene rings is 1. The average molecular weight is 518 g/mol. The van der Waals surface area contributed by atoms with Crippen LogP contribution in [-0.4, -0.2) is 72.4 Å². The van der Waals surface area contributed by atoms with Crippen molar-refractivity contribution in [2.24, 2.45) is 0 Å². The van der Waals surface area contributed by atoms with Crippen molar-refractivity contribution in [3.05, 3.63) is 93.2 Å². The Kier molecular flexibility index (Phi) is 8.34. The molecule has 2 aliphatic heterocycles. The number of ether oxygens (including phenoxy) is 1. The van der Waals surface area contributed by atoms with E-state index in [2.05, 4.69) is 47.5 Å². The van der Waals surface area contributed by atoms with Gasteiger partial charge < -0.3 is 14.5 Å². The Bertz CT molecular complexity index is 1200. The maximum Gasteiger partial charge on any atom is 0.248 e. The molecule has 1 atom stereocenters. The van der Waals surface area contributed by atoms with Crippen molar-refractivity contribution in [1.29, 1.82) is 0 Å². The van der Waals surface area contributed by atoms with Crippen LogP contribution in [0.1, 0.15) is 39.6 Å². The Morgan fingerprint density at radius 3 is 2.32 bits per heavy atom. The molecule has 0 unspecified atom stereocenters. The SMILES string of the molecule is Cc1ccccc1[C@@H]1c2ccsc2CCN1CCC(=O)N1CCN(C(=O)COCc2ccccc2)CC1. The van der Waals surface area contributed by atoms with Crippen molar-refractivity contribution in [3.8, 4) is 0 Å². The lowest BCUT2D eigenvalue weighted by Gasteiger charge is -2.38. The lowest BCUT2D eigenvalue weighted by Crippen LogP contribution is -2.51. The second-order valence-electron chi connectivity index (χ2n) is 9.83. The quantitative estimate of drug-likeness (QED) is 0.448. The van der Waals surface area contributed by atoms with Crippen LogP contribution in [0.15, 0.2) is 66.0 Å². The van der Waals surface area contributed by atoms with Crippen LogP contribution in [0.3, 0.4) is 0 Å². The summed E-state index contributed by atoms with van der Waals surface area (Å²) >= 11 is 1.84. The van der Waals surface area contributed by atoms with Gasteiger partial charge in [-0.15, -0.1) is 11.3 Å². The molecule has 0 bridgehead atoms. The van der Waals surface area contributed by atoms with Gasteiger partial charge in [-0.25, -0.2) is 0 Å². The topological polar surface area (TPSA) is 53.1 Å². The van der Waals surface area contributed by atoms with E-state index in [9.17, 15) is 9.59 Å². The fourth-order valence-corrected chi connectivity index (χ4v) is 6.30. The van der Waals surface area contributed by atoms with E-state index in [0.29, 0.717) is 39.2 Å². The van der Waals surface area contributed by atoms with E-state index in [0.717, 1.165) is 25.1 Å². The van der Waals surface area contributed by atoms with Crippen molar-refractivity contribution in [1.82, 2.24) is 14.7 Å². The van der Waals surface area contributed by atoms with Crippen LogP contribution in [0, 0.1) is 6.92 Å². The van der Waals surface area contributed by atoms with Crippen molar-refractivity contribution in [2.75, 3.05) is 45.9 Å². The van der Waals surface area contributed by atoms with Gasteiger partial charge in [-0.3, -0.25) is 14.5 Å². The number of carbonyl (C=O) groups excluding carboxylic acids is 2. The minimum Gasteiger partial charge on any atom is -0.367 e. The molecule has 7 heteroatoms. The van der Waals surface area contributed by atoms with Gasteiger partial charge in [0.15, 0.2) is 0 Å². The highest BCUT2D eigenvalue weighted by Gasteiger charge is 2.31. The van der Waals surface area contributed by atoms with Gasteiger partial charge in [0.05, 0.1) is 12.6 Å². The normalized spacial score (nSPS) is 18.0. The standard InChI is InChI=1S/C30H35N3O3S/c1-23-7-5-6-10-25(23)30-26-13-20-37-27(26)11-14-33(30)15-12-28(34)31-16-18-32(19-17-31)29(35)22-36-21-24-8-3-2-4-9-24/h2-10,13,20,30H,11-12,14-19,21-22H2,1H3/t30-/m1/s1. The van der Waals surface area contributed by atoms with E-state index >= 15 is 0 Å².